The molecule has 0 saturated heterocycles. The molecule has 0 N–H and O–H groups in total. The Morgan fingerprint density at radius 3 is 1.31 bits per heavy atom. The zero-order chi connectivity index (χ0) is 23.5. The van der Waals surface area contributed by atoms with Gasteiger partial charge in [-0.2, -0.15) is 0 Å². The van der Waals surface area contributed by atoms with Crippen LogP contribution in [0.1, 0.15) is 34.3 Å². The molecule has 0 fully saturated rings. The van der Waals surface area contributed by atoms with Crippen molar-refractivity contribution in [3.8, 4) is 0 Å². The van der Waals surface area contributed by atoms with Gasteiger partial charge < -0.3 is 0 Å². The number of hydrogen-bond donors (Lipinski definition) is 0. The lowest BCUT2D eigenvalue weighted by atomic mass is 9.98. The number of fused-ring (bicyclic) bond motifs is 1. The molecule has 6 rings (SSSR count). The number of rotatable bonds is 6. The van der Waals surface area contributed by atoms with Crippen LogP contribution in [-0.4, -0.2) is 4.57 Å². The molecule has 0 radical (unpaired) electrons. The molecule has 0 spiro atoms. The summed E-state index contributed by atoms with van der Waals surface area (Å²) in [7, 11) is 0. The van der Waals surface area contributed by atoms with Gasteiger partial charge in [0.05, 0.1) is 0 Å². The molecule has 2 heteroatoms. The van der Waals surface area contributed by atoms with E-state index in [4.69, 9.17) is 0 Å². The van der Waals surface area contributed by atoms with Crippen LogP contribution in [0.2, 0.25) is 0 Å². The van der Waals surface area contributed by atoms with Crippen molar-refractivity contribution in [2.75, 3.05) is 0 Å². The Kier molecular flexibility index (Phi) is 5.70. The van der Waals surface area contributed by atoms with Crippen LogP contribution in [-0.2, 0) is 0 Å². The molecule has 0 unspecified atom stereocenters. The van der Waals surface area contributed by atoms with Crippen LogP contribution in [0.4, 0.5) is 0 Å². The van der Waals surface area contributed by atoms with E-state index in [1.54, 1.807) is 0 Å². The van der Waals surface area contributed by atoms with Crippen molar-refractivity contribution < 1.29 is 4.57 Å². The summed E-state index contributed by atoms with van der Waals surface area (Å²) in [5, 5.41) is 0. The number of hydrogen-bond acceptors (Lipinski definition) is 0. The lowest BCUT2D eigenvalue weighted by Crippen LogP contribution is -2.40. The van der Waals surface area contributed by atoms with Gasteiger partial charge in [0.1, 0.15) is 0 Å². The average Bonchev–Trinajstić information content (AvgIpc) is 3.30. The topological polar surface area (TPSA) is 8.81 Å². The van der Waals surface area contributed by atoms with Crippen LogP contribution in [0.25, 0.3) is 11.0 Å². The highest BCUT2D eigenvalue weighted by atomic mass is 15.2. The summed E-state index contributed by atoms with van der Waals surface area (Å²) < 4.78 is 4.86. The van der Waals surface area contributed by atoms with Gasteiger partial charge in [0.25, 0.3) is 0 Å². The highest BCUT2D eigenvalue weighted by Crippen LogP contribution is 2.31. The molecule has 1 aromatic heterocycles. The lowest BCUT2D eigenvalue weighted by Gasteiger charge is -2.17. The maximum absolute atomic E-state index is 2.43. The quantitative estimate of drug-likeness (QED) is 0.237. The Morgan fingerprint density at radius 2 is 0.829 bits per heavy atom. The van der Waals surface area contributed by atoms with Gasteiger partial charge in [0, 0.05) is 22.3 Å². The Labute approximate surface area is 206 Å². The van der Waals surface area contributed by atoms with Crippen LogP contribution in [0, 0.1) is 0 Å². The Bertz CT molecular complexity index is 1330. The van der Waals surface area contributed by atoms with Crippen molar-refractivity contribution in [1.82, 2.24) is 4.57 Å². The van der Waals surface area contributed by atoms with E-state index in [9.17, 15) is 0 Å². The van der Waals surface area contributed by atoms with E-state index in [0.717, 1.165) is 0 Å². The molecule has 168 valence electrons. The van der Waals surface area contributed by atoms with E-state index >= 15 is 0 Å². The first-order valence-corrected chi connectivity index (χ1v) is 12.1. The van der Waals surface area contributed by atoms with Gasteiger partial charge in [0.2, 0.25) is 6.33 Å². The van der Waals surface area contributed by atoms with Crippen molar-refractivity contribution >= 4 is 11.0 Å². The molecule has 6 aromatic rings. The van der Waals surface area contributed by atoms with E-state index in [1.807, 2.05) is 0 Å². The Morgan fingerprint density at radius 1 is 0.429 bits per heavy atom. The first-order chi connectivity index (χ1) is 17.4. The van der Waals surface area contributed by atoms with Crippen LogP contribution in [0.3, 0.4) is 0 Å². The molecule has 0 aliphatic rings. The summed E-state index contributed by atoms with van der Waals surface area (Å²) in [6.45, 7) is 0. The number of para-hydroxylation sites is 2. The monoisotopic (exact) mass is 451 g/mol. The summed E-state index contributed by atoms with van der Waals surface area (Å²) >= 11 is 0. The molecule has 2 nitrogen and oxygen atoms in total. The van der Waals surface area contributed by atoms with Gasteiger partial charge in [-0.15, -0.1) is 0 Å². The third-order valence-corrected chi connectivity index (χ3v) is 6.70. The lowest BCUT2D eigenvalue weighted by molar-refractivity contribution is -0.680. The molecule has 0 saturated carbocycles. The third-order valence-electron chi connectivity index (χ3n) is 6.70. The minimum atomic E-state index is 0.0655. The summed E-state index contributed by atoms with van der Waals surface area (Å²) in [6, 6.07) is 52.0. The SMILES string of the molecule is c1ccc(C(c2ccccc2)n2c[n+](C(c3ccccc3)c3ccccc3)c3ccccc32)cc1. The predicted octanol–water partition coefficient (Wildman–Crippen LogP) is 7.20. The van der Waals surface area contributed by atoms with Gasteiger partial charge in [-0.05, 0) is 12.1 Å². The molecule has 0 atom stereocenters. The maximum Gasteiger partial charge on any atom is 0.246 e. The fourth-order valence-corrected chi connectivity index (χ4v) is 5.14. The van der Waals surface area contributed by atoms with Gasteiger partial charge in [-0.25, -0.2) is 9.13 Å². The second-order valence-electron chi connectivity index (χ2n) is 8.87. The third kappa shape index (κ3) is 4.04. The zero-order valence-electron chi connectivity index (χ0n) is 19.5. The van der Waals surface area contributed by atoms with Crippen molar-refractivity contribution in [3.05, 3.63) is 174 Å². The molecular formula is C33H27N2+. The van der Waals surface area contributed by atoms with E-state index < -0.39 is 0 Å². The standard InChI is InChI=1S/C33H27N2/c1-5-15-26(16-6-1)32(27-17-7-2-8-18-27)34-25-35(31-24-14-13-23-30(31)34)33(28-19-9-3-10-20-28)29-21-11-4-12-22-29/h1-25,32-33H/q+1. The van der Waals surface area contributed by atoms with E-state index in [2.05, 4.69) is 161 Å². The predicted molar refractivity (Wildman–Crippen MR) is 142 cm³/mol. The molecule has 0 amide bonds. The van der Waals surface area contributed by atoms with Crippen LogP contribution >= 0.6 is 0 Å². The van der Waals surface area contributed by atoms with Crippen molar-refractivity contribution in [3.63, 3.8) is 0 Å². The van der Waals surface area contributed by atoms with E-state index in [0.29, 0.717) is 0 Å². The largest absolute Gasteiger partial charge is 0.246 e. The molecule has 0 aliphatic carbocycles. The summed E-state index contributed by atoms with van der Waals surface area (Å²) in [5.74, 6) is 0. The second kappa shape index (κ2) is 9.44. The highest BCUT2D eigenvalue weighted by Gasteiger charge is 2.30. The minimum absolute atomic E-state index is 0.0655. The van der Waals surface area contributed by atoms with Gasteiger partial charge in [0.15, 0.2) is 23.1 Å². The summed E-state index contributed by atoms with van der Waals surface area (Å²) in [5.41, 5.74) is 7.49. The smallest absolute Gasteiger partial charge is 0.218 e. The first kappa shape index (κ1) is 21.1. The van der Waals surface area contributed by atoms with E-state index in [-0.39, 0.29) is 12.1 Å². The second-order valence-corrected chi connectivity index (χ2v) is 8.87. The zero-order valence-corrected chi connectivity index (χ0v) is 19.5. The maximum atomic E-state index is 2.43. The Hall–Kier alpha value is -4.43. The van der Waals surface area contributed by atoms with Crippen LogP contribution in [0.5, 0.6) is 0 Å². The number of nitrogens with zero attached hydrogens (tertiary/aromatic N) is 2. The first-order valence-electron chi connectivity index (χ1n) is 12.1. The summed E-state index contributed by atoms with van der Waals surface area (Å²) in [4.78, 5) is 0. The highest BCUT2D eigenvalue weighted by molar-refractivity contribution is 5.72. The average molecular weight is 452 g/mol. The van der Waals surface area contributed by atoms with Gasteiger partial charge >= 0.3 is 0 Å². The fourth-order valence-electron chi connectivity index (χ4n) is 5.14. The number of imidazole rings is 1. The molecule has 0 bridgehead atoms. The fraction of sp³-hybridized carbons (Fsp3) is 0.0606. The molecule has 1 heterocycles. The van der Waals surface area contributed by atoms with Gasteiger partial charge in [-0.3, -0.25) is 0 Å². The van der Waals surface area contributed by atoms with Crippen molar-refractivity contribution in [2.45, 2.75) is 12.1 Å². The minimum Gasteiger partial charge on any atom is -0.218 e. The molecule has 5 aromatic carbocycles. The normalized spacial score (nSPS) is 11.4. The summed E-state index contributed by atoms with van der Waals surface area (Å²) in [6.07, 6.45) is 2.31. The Balaban J connectivity index is 1.62. The number of aromatic nitrogens is 2. The van der Waals surface area contributed by atoms with Crippen molar-refractivity contribution in [2.24, 2.45) is 0 Å². The molecular weight excluding hydrogens is 424 g/mol. The van der Waals surface area contributed by atoms with E-state index in [1.165, 1.54) is 33.3 Å². The van der Waals surface area contributed by atoms with Crippen LogP contribution in [0.15, 0.2) is 152 Å². The van der Waals surface area contributed by atoms with Crippen LogP contribution < -0.4 is 4.57 Å². The van der Waals surface area contributed by atoms with Crippen molar-refractivity contribution in [1.29, 1.82) is 0 Å². The number of benzene rings is 5. The molecule has 35 heavy (non-hydrogen) atoms. The molecule has 0 aliphatic heterocycles. The van der Waals surface area contributed by atoms with Gasteiger partial charge in [-0.1, -0.05) is 133 Å².